The van der Waals surface area contributed by atoms with Gasteiger partial charge in [-0.15, -0.1) is 11.3 Å². The molecule has 0 amide bonds. The van der Waals surface area contributed by atoms with Gasteiger partial charge in [-0.3, -0.25) is 0 Å². The highest BCUT2D eigenvalue weighted by atomic mass is 32.1. The molecule has 3 unspecified atom stereocenters. The Labute approximate surface area is 125 Å². The van der Waals surface area contributed by atoms with E-state index in [1.807, 2.05) is 11.3 Å². The molecule has 1 heterocycles. The number of hydrogen-bond acceptors (Lipinski definition) is 2. The molecule has 0 aliphatic heterocycles. The van der Waals surface area contributed by atoms with Crippen LogP contribution in [0.3, 0.4) is 0 Å². The Balaban J connectivity index is 1.72. The van der Waals surface area contributed by atoms with Gasteiger partial charge >= 0.3 is 0 Å². The molecule has 3 atom stereocenters. The van der Waals surface area contributed by atoms with Gasteiger partial charge in [0.25, 0.3) is 0 Å². The lowest BCUT2D eigenvalue weighted by Gasteiger charge is -2.16. The lowest BCUT2D eigenvalue weighted by Crippen LogP contribution is -2.12. The molecule has 2 aromatic rings. The molecule has 0 saturated heterocycles. The predicted molar refractivity (Wildman–Crippen MR) is 87.2 cm³/mol. The first-order chi connectivity index (χ1) is 9.47. The first kappa shape index (κ1) is 13.8. The molecule has 1 aromatic heterocycles. The fraction of sp³-hybridized carbons (Fsp3) is 0.444. The first-order valence-corrected chi connectivity index (χ1v) is 8.19. The zero-order chi connectivity index (χ0) is 14.3. The Bertz CT molecular complexity index is 579. The van der Waals surface area contributed by atoms with E-state index in [0.717, 1.165) is 0 Å². The Morgan fingerprint density at radius 1 is 1.10 bits per heavy atom. The average Bonchev–Trinajstić information content (AvgIpc) is 3.05. The Morgan fingerprint density at radius 3 is 2.40 bits per heavy atom. The van der Waals surface area contributed by atoms with Crippen molar-refractivity contribution in [3.8, 4) is 0 Å². The van der Waals surface area contributed by atoms with Gasteiger partial charge in [-0.2, -0.15) is 0 Å². The topological polar surface area (TPSA) is 26.0 Å². The number of nitrogens with two attached hydrogens (primary N) is 1. The minimum atomic E-state index is 0.196. The molecule has 0 spiro atoms. The first-order valence-electron chi connectivity index (χ1n) is 7.37. The summed E-state index contributed by atoms with van der Waals surface area (Å²) < 4.78 is 0. The van der Waals surface area contributed by atoms with Crippen LogP contribution in [0.1, 0.15) is 54.5 Å². The SMILES string of the molecule is CC(C)(C)c1ccc(C(N)C2CC2c2ccccc2)s1. The van der Waals surface area contributed by atoms with E-state index in [-0.39, 0.29) is 11.5 Å². The van der Waals surface area contributed by atoms with Crippen LogP contribution in [0.4, 0.5) is 0 Å². The smallest absolute Gasteiger partial charge is 0.0424 e. The normalized spacial score (nSPS) is 23.6. The van der Waals surface area contributed by atoms with E-state index in [1.54, 1.807) is 0 Å². The van der Waals surface area contributed by atoms with Crippen molar-refractivity contribution in [3.05, 3.63) is 57.8 Å². The highest BCUT2D eigenvalue weighted by Crippen LogP contribution is 2.54. The maximum Gasteiger partial charge on any atom is 0.0424 e. The van der Waals surface area contributed by atoms with E-state index >= 15 is 0 Å². The molecule has 20 heavy (non-hydrogen) atoms. The number of hydrogen-bond donors (Lipinski definition) is 1. The minimum absolute atomic E-state index is 0.196. The Morgan fingerprint density at radius 2 is 1.80 bits per heavy atom. The summed E-state index contributed by atoms with van der Waals surface area (Å²) >= 11 is 1.89. The third-order valence-electron chi connectivity index (χ3n) is 4.22. The van der Waals surface area contributed by atoms with E-state index in [4.69, 9.17) is 5.73 Å². The zero-order valence-corrected chi connectivity index (χ0v) is 13.3. The van der Waals surface area contributed by atoms with Crippen LogP contribution in [0, 0.1) is 5.92 Å². The predicted octanol–water partition coefficient (Wildman–Crippen LogP) is 4.85. The van der Waals surface area contributed by atoms with Gasteiger partial charge in [0.2, 0.25) is 0 Å². The summed E-state index contributed by atoms with van der Waals surface area (Å²) in [5, 5.41) is 0. The number of thiophene rings is 1. The second-order valence-electron chi connectivity index (χ2n) is 6.89. The van der Waals surface area contributed by atoms with Gasteiger partial charge in [0.1, 0.15) is 0 Å². The largest absolute Gasteiger partial charge is 0.323 e. The maximum atomic E-state index is 6.50. The van der Waals surface area contributed by atoms with Gasteiger partial charge in [-0.05, 0) is 41.4 Å². The molecule has 1 aliphatic rings. The molecule has 2 N–H and O–H groups in total. The van der Waals surface area contributed by atoms with Crippen LogP contribution in [0.25, 0.3) is 0 Å². The second kappa shape index (κ2) is 5.01. The van der Waals surface area contributed by atoms with E-state index in [0.29, 0.717) is 11.8 Å². The van der Waals surface area contributed by atoms with Gasteiger partial charge in [-0.25, -0.2) is 0 Å². The molecule has 1 saturated carbocycles. The van der Waals surface area contributed by atoms with Crippen LogP contribution < -0.4 is 5.73 Å². The van der Waals surface area contributed by atoms with Gasteiger partial charge in [0.15, 0.2) is 0 Å². The van der Waals surface area contributed by atoms with Crippen LogP contribution in [0.15, 0.2) is 42.5 Å². The molecule has 1 aromatic carbocycles. The van der Waals surface area contributed by atoms with Crippen molar-refractivity contribution >= 4 is 11.3 Å². The summed E-state index contributed by atoms with van der Waals surface area (Å²) in [7, 11) is 0. The van der Waals surface area contributed by atoms with Crippen molar-refractivity contribution in [2.75, 3.05) is 0 Å². The van der Waals surface area contributed by atoms with Crippen LogP contribution in [0.5, 0.6) is 0 Å². The van der Waals surface area contributed by atoms with Gasteiger partial charge in [0.05, 0.1) is 0 Å². The third kappa shape index (κ3) is 2.68. The number of benzene rings is 1. The molecule has 2 heteroatoms. The molecule has 106 valence electrons. The van der Waals surface area contributed by atoms with Crippen molar-refractivity contribution in [1.82, 2.24) is 0 Å². The van der Waals surface area contributed by atoms with Gasteiger partial charge in [-0.1, -0.05) is 51.1 Å². The van der Waals surface area contributed by atoms with Gasteiger partial charge in [0, 0.05) is 15.8 Å². The van der Waals surface area contributed by atoms with Crippen molar-refractivity contribution in [1.29, 1.82) is 0 Å². The van der Waals surface area contributed by atoms with Crippen molar-refractivity contribution < 1.29 is 0 Å². The van der Waals surface area contributed by atoms with E-state index in [9.17, 15) is 0 Å². The Hall–Kier alpha value is -1.12. The summed E-state index contributed by atoms with van der Waals surface area (Å²) in [5.74, 6) is 1.27. The van der Waals surface area contributed by atoms with Crippen LogP contribution >= 0.6 is 11.3 Å². The second-order valence-corrected chi connectivity index (χ2v) is 8.01. The van der Waals surface area contributed by atoms with E-state index in [2.05, 4.69) is 63.2 Å². The molecular weight excluding hydrogens is 262 g/mol. The zero-order valence-electron chi connectivity index (χ0n) is 12.5. The van der Waals surface area contributed by atoms with Crippen LogP contribution in [-0.2, 0) is 5.41 Å². The highest BCUT2D eigenvalue weighted by molar-refractivity contribution is 7.12. The summed E-state index contributed by atoms with van der Waals surface area (Å²) in [6.45, 7) is 6.79. The monoisotopic (exact) mass is 285 g/mol. The van der Waals surface area contributed by atoms with Gasteiger partial charge < -0.3 is 5.73 Å². The summed E-state index contributed by atoms with van der Waals surface area (Å²) in [6, 6.07) is 15.5. The van der Waals surface area contributed by atoms with Crippen molar-refractivity contribution in [2.24, 2.45) is 11.7 Å². The lowest BCUT2D eigenvalue weighted by atomic mass is 9.95. The molecule has 0 bridgehead atoms. The highest BCUT2D eigenvalue weighted by Gasteiger charge is 2.43. The Kier molecular flexibility index (Phi) is 3.47. The fourth-order valence-corrected chi connectivity index (χ4v) is 3.98. The molecule has 3 rings (SSSR count). The van der Waals surface area contributed by atoms with Crippen LogP contribution in [0.2, 0.25) is 0 Å². The fourth-order valence-electron chi connectivity index (χ4n) is 2.84. The summed E-state index contributed by atoms with van der Waals surface area (Å²) in [6.07, 6.45) is 1.23. The van der Waals surface area contributed by atoms with E-state index in [1.165, 1.54) is 21.7 Å². The van der Waals surface area contributed by atoms with Crippen molar-refractivity contribution in [2.45, 2.75) is 44.6 Å². The van der Waals surface area contributed by atoms with Crippen molar-refractivity contribution in [3.63, 3.8) is 0 Å². The standard InChI is InChI=1S/C18H23NS/c1-18(2,3)16-10-9-15(20-16)17(19)14-11-13(14)12-7-5-4-6-8-12/h4-10,13-14,17H,11,19H2,1-3H3. The van der Waals surface area contributed by atoms with E-state index < -0.39 is 0 Å². The quantitative estimate of drug-likeness (QED) is 0.857. The summed E-state index contributed by atoms with van der Waals surface area (Å²) in [5.41, 5.74) is 8.17. The minimum Gasteiger partial charge on any atom is -0.323 e. The third-order valence-corrected chi connectivity index (χ3v) is 5.84. The maximum absolute atomic E-state index is 6.50. The summed E-state index contributed by atoms with van der Waals surface area (Å²) in [4.78, 5) is 2.78. The number of rotatable bonds is 3. The lowest BCUT2D eigenvalue weighted by molar-refractivity contribution is 0.604. The molecular formula is C18H23NS. The average molecular weight is 285 g/mol. The molecule has 1 nitrogen and oxygen atoms in total. The molecule has 1 fully saturated rings. The molecule has 1 aliphatic carbocycles. The molecule has 0 radical (unpaired) electrons. The van der Waals surface area contributed by atoms with Crippen LogP contribution in [-0.4, -0.2) is 0 Å².